The van der Waals surface area contributed by atoms with Crippen LogP contribution in [0.3, 0.4) is 0 Å². The Kier molecular flexibility index (Phi) is 4.43. The van der Waals surface area contributed by atoms with Gasteiger partial charge in [-0.2, -0.15) is 0 Å². The standard InChI is InChI=1S/C24H24N4O/c1-17-11-13-18(14-12-17)21-16-27-23(26-21)22(20-10-6-3-7-15-25-20)24(29)28(27)19-8-4-2-5-9-19/h2,4-5,8-9,11-14,16,25H,3,6-7,10,15H2,1H3/b22-20+. The molecule has 0 saturated carbocycles. The van der Waals surface area contributed by atoms with Crippen LogP contribution in [0.15, 0.2) is 65.6 Å². The Morgan fingerprint density at radius 1 is 0.966 bits per heavy atom. The molecule has 3 heterocycles. The lowest BCUT2D eigenvalue weighted by molar-refractivity contribution is 0.721. The van der Waals surface area contributed by atoms with E-state index in [9.17, 15) is 4.79 Å². The number of hydrogen-bond acceptors (Lipinski definition) is 3. The molecule has 0 atom stereocenters. The number of nitrogens with zero attached hydrogens (tertiary/aromatic N) is 3. The molecule has 29 heavy (non-hydrogen) atoms. The van der Waals surface area contributed by atoms with Crippen molar-refractivity contribution in [3.05, 3.63) is 81.9 Å². The molecule has 0 bridgehead atoms. The number of hydrogen-bond donors (Lipinski definition) is 1. The Bertz CT molecular complexity index is 1260. The summed E-state index contributed by atoms with van der Waals surface area (Å²) in [6.07, 6.45) is 6.27. The maximum absolute atomic E-state index is 13.5. The van der Waals surface area contributed by atoms with E-state index in [-0.39, 0.29) is 5.56 Å². The lowest BCUT2D eigenvalue weighted by Crippen LogP contribution is -2.33. The highest BCUT2D eigenvalue weighted by Gasteiger charge is 2.19. The van der Waals surface area contributed by atoms with Gasteiger partial charge in [-0.3, -0.25) is 4.79 Å². The summed E-state index contributed by atoms with van der Waals surface area (Å²) in [5.74, 6) is 0. The van der Waals surface area contributed by atoms with Crippen LogP contribution in [0.25, 0.3) is 28.3 Å². The van der Waals surface area contributed by atoms with Crippen LogP contribution in [-0.2, 0) is 0 Å². The molecule has 0 spiro atoms. The van der Waals surface area contributed by atoms with Gasteiger partial charge >= 0.3 is 0 Å². The van der Waals surface area contributed by atoms with Gasteiger partial charge in [0.1, 0.15) is 5.22 Å². The quantitative estimate of drug-likeness (QED) is 0.576. The molecule has 0 unspecified atom stereocenters. The third-order valence-electron chi connectivity index (χ3n) is 5.63. The van der Waals surface area contributed by atoms with Crippen molar-refractivity contribution in [3.8, 4) is 16.9 Å². The Hall–Kier alpha value is -3.34. The number of aromatic nitrogens is 3. The summed E-state index contributed by atoms with van der Waals surface area (Å²) in [5.41, 5.74) is 5.71. The molecule has 5 heteroatoms. The van der Waals surface area contributed by atoms with Crippen LogP contribution in [0.5, 0.6) is 0 Å². The van der Waals surface area contributed by atoms with Crippen molar-refractivity contribution in [2.45, 2.75) is 32.6 Å². The highest BCUT2D eigenvalue weighted by molar-refractivity contribution is 5.65. The molecule has 1 fully saturated rings. The maximum atomic E-state index is 13.5. The van der Waals surface area contributed by atoms with Gasteiger partial charge in [-0.1, -0.05) is 54.4 Å². The molecule has 4 aromatic rings. The van der Waals surface area contributed by atoms with Gasteiger partial charge in [0.05, 0.1) is 17.6 Å². The first kappa shape index (κ1) is 17.7. The van der Waals surface area contributed by atoms with E-state index < -0.39 is 0 Å². The minimum absolute atomic E-state index is 0.0152. The molecule has 1 N–H and O–H groups in total. The van der Waals surface area contributed by atoms with Crippen LogP contribution in [-0.4, -0.2) is 20.7 Å². The van der Waals surface area contributed by atoms with E-state index in [2.05, 4.69) is 36.5 Å². The topological polar surface area (TPSA) is 51.3 Å². The van der Waals surface area contributed by atoms with E-state index in [1.807, 2.05) is 41.0 Å². The zero-order valence-electron chi connectivity index (χ0n) is 16.6. The summed E-state index contributed by atoms with van der Waals surface area (Å²) in [6, 6.07) is 18.1. The van der Waals surface area contributed by atoms with E-state index in [0.29, 0.717) is 5.22 Å². The summed E-state index contributed by atoms with van der Waals surface area (Å²) < 4.78 is 3.64. The van der Waals surface area contributed by atoms with Gasteiger partial charge in [0, 0.05) is 17.8 Å². The van der Waals surface area contributed by atoms with Crippen LogP contribution in [0.2, 0.25) is 0 Å². The SMILES string of the molecule is Cc1ccc(-c2cn3c(n2)/c(=C2/CCCCCN2)c(=O)n3-c2ccccc2)cc1. The largest absolute Gasteiger partial charge is 0.388 e. The van der Waals surface area contributed by atoms with E-state index in [1.54, 1.807) is 4.68 Å². The van der Waals surface area contributed by atoms with Gasteiger partial charge < -0.3 is 5.32 Å². The lowest BCUT2D eigenvalue weighted by atomic mass is 10.1. The number of nitrogens with one attached hydrogen (secondary N) is 1. The Labute approximate surface area is 169 Å². The molecule has 5 rings (SSSR count). The maximum Gasteiger partial charge on any atom is 0.283 e. The third kappa shape index (κ3) is 3.12. The predicted molar refractivity (Wildman–Crippen MR) is 116 cm³/mol. The Balaban J connectivity index is 1.82. The second-order valence-corrected chi connectivity index (χ2v) is 7.70. The summed E-state index contributed by atoms with van der Waals surface area (Å²) in [6.45, 7) is 2.98. The van der Waals surface area contributed by atoms with Crippen molar-refractivity contribution >= 4 is 11.3 Å². The summed E-state index contributed by atoms with van der Waals surface area (Å²) >= 11 is 0. The predicted octanol–water partition coefficient (Wildman–Crippen LogP) is 3.45. The molecule has 1 saturated heterocycles. The van der Waals surface area contributed by atoms with Crippen LogP contribution in [0, 0.1) is 6.92 Å². The number of imidazole rings is 1. The average molecular weight is 384 g/mol. The first-order valence-corrected chi connectivity index (χ1v) is 10.3. The van der Waals surface area contributed by atoms with Gasteiger partial charge in [0.2, 0.25) is 0 Å². The van der Waals surface area contributed by atoms with E-state index in [4.69, 9.17) is 4.98 Å². The van der Waals surface area contributed by atoms with Gasteiger partial charge in [0.25, 0.3) is 5.56 Å². The third-order valence-corrected chi connectivity index (χ3v) is 5.63. The molecule has 0 aliphatic carbocycles. The lowest BCUT2D eigenvalue weighted by Gasteiger charge is -2.04. The molecule has 2 aromatic heterocycles. The van der Waals surface area contributed by atoms with Crippen molar-refractivity contribution in [1.82, 2.24) is 19.5 Å². The van der Waals surface area contributed by atoms with Crippen LogP contribution in [0.4, 0.5) is 0 Å². The van der Waals surface area contributed by atoms with Crippen molar-refractivity contribution in [3.63, 3.8) is 0 Å². The second kappa shape index (κ2) is 7.24. The van der Waals surface area contributed by atoms with Gasteiger partial charge in [-0.05, 0) is 38.3 Å². The van der Waals surface area contributed by atoms with E-state index in [0.717, 1.165) is 54.1 Å². The molecule has 1 aliphatic heterocycles. The van der Waals surface area contributed by atoms with Crippen molar-refractivity contribution in [2.24, 2.45) is 0 Å². The van der Waals surface area contributed by atoms with Crippen molar-refractivity contribution < 1.29 is 0 Å². The zero-order chi connectivity index (χ0) is 19.8. The fourth-order valence-electron chi connectivity index (χ4n) is 4.08. The summed E-state index contributed by atoms with van der Waals surface area (Å²) in [4.78, 5) is 18.4. The Morgan fingerprint density at radius 2 is 1.76 bits per heavy atom. The first-order chi connectivity index (χ1) is 14.2. The van der Waals surface area contributed by atoms with E-state index >= 15 is 0 Å². The van der Waals surface area contributed by atoms with Crippen molar-refractivity contribution in [2.75, 3.05) is 6.54 Å². The summed E-state index contributed by atoms with van der Waals surface area (Å²) in [5, 5.41) is 4.21. The fourth-order valence-corrected chi connectivity index (χ4v) is 4.08. The number of aryl methyl sites for hydroxylation is 1. The number of rotatable bonds is 2. The van der Waals surface area contributed by atoms with Crippen molar-refractivity contribution in [1.29, 1.82) is 0 Å². The second-order valence-electron chi connectivity index (χ2n) is 7.70. The molecule has 146 valence electrons. The molecule has 5 nitrogen and oxygen atoms in total. The normalized spacial score (nSPS) is 16.6. The van der Waals surface area contributed by atoms with Crippen LogP contribution >= 0.6 is 0 Å². The highest BCUT2D eigenvalue weighted by Crippen LogP contribution is 2.20. The minimum atomic E-state index is -0.0152. The first-order valence-electron chi connectivity index (χ1n) is 10.3. The zero-order valence-corrected chi connectivity index (χ0v) is 16.6. The van der Waals surface area contributed by atoms with Crippen LogP contribution < -0.4 is 16.1 Å². The molecule has 0 amide bonds. The molecular weight excluding hydrogens is 360 g/mol. The number of benzene rings is 2. The van der Waals surface area contributed by atoms with Gasteiger partial charge in [-0.15, -0.1) is 0 Å². The summed E-state index contributed by atoms with van der Waals surface area (Å²) in [7, 11) is 0. The van der Waals surface area contributed by atoms with Crippen LogP contribution in [0.1, 0.15) is 31.2 Å². The van der Waals surface area contributed by atoms with Gasteiger partial charge in [-0.25, -0.2) is 14.2 Å². The average Bonchev–Trinajstić information content (AvgIpc) is 3.12. The fraction of sp³-hybridized carbons (Fsp3) is 0.250. The Morgan fingerprint density at radius 3 is 2.55 bits per heavy atom. The molecule has 1 aliphatic rings. The number of fused-ring (bicyclic) bond motifs is 1. The monoisotopic (exact) mass is 384 g/mol. The highest BCUT2D eigenvalue weighted by atomic mass is 16.1. The minimum Gasteiger partial charge on any atom is -0.388 e. The van der Waals surface area contributed by atoms with Gasteiger partial charge in [0.15, 0.2) is 5.65 Å². The smallest absolute Gasteiger partial charge is 0.283 e. The molecular formula is C24H24N4O. The molecule has 2 aromatic carbocycles. The molecule has 0 radical (unpaired) electrons. The number of para-hydroxylation sites is 1. The van der Waals surface area contributed by atoms with E-state index in [1.165, 1.54) is 12.0 Å².